The molecule has 0 amide bonds. The van der Waals surface area contributed by atoms with E-state index in [9.17, 15) is 12.8 Å². The van der Waals surface area contributed by atoms with Gasteiger partial charge in [0.15, 0.2) is 9.84 Å². The number of nitrogens with one attached hydrogen (secondary N) is 1. The monoisotopic (exact) mass is 309 g/mol. The number of rotatable bonds is 2. The number of sulfone groups is 1. The average molecular weight is 309 g/mol. The van der Waals surface area contributed by atoms with Gasteiger partial charge in [-0.3, -0.25) is 0 Å². The minimum Gasteiger partial charge on any atom is -0.307 e. The lowest BCUT2D eigenvalue weighted by Crippen LogP contribution is -2.39. The van der Waals surface area contributed by atoms with Crippen LogP contribution >= 0.6 is 0 Å². The summed E-state index contributed by atoms with van der Waals surface area (Å²) in [6.45, 7) is 0. The number of benzene rings is 1. The van der Waals surface area contributed by atoms with Gasteiger partial charge in [0.05, 0.1) is 10.6 Å². The number of hydrogen-bond acceptors (Lipinski definition) is 3. The van der Waals surface area contributed by atoms with Crippen LogP contribution in [-0.4, -0.2) is 20.2 Å². The molecule has 1 N–H and O–H groups in total. The van der Waals surface area contributed by atoms with E-state index in [4.69, 9.17) is 0 Å². The van der Waals surface area contributed by atoms with Gasteiger partial charge in [0.1, 0.15) is 5.82 Å². The first-order valence-corrected chi connectivity index (χ1v) is 9.46. The molecule has 0 saturated heterocycles. The molecule has 2 saturated carbocycles. The van der Waals surface area contributed by atoms with Gasteiger partial charge >= 0.3 is 0 Å². The number of halogens is 1. The fraction of sp³-hybridized carbons (Fsp3) is 0.625. The molecule has 1 aromatic carbocycles. The quantitative estimate of drug-likeness (QED) is 0.855. The van der Waals surface area contributed by atoms with Crippen LogP contribution < -0.4 is 5.32 Å². The second kappa shape index (κ2) is 4.78. The van der Waals surface area contributed by atoms with Crippen LogP contribution in [0.4, 0.5) is 4.39 Å². The zero-order valence-electron chi connectivity index (χ0n) is 11.9. The van der Waals surface area contributed by atoms with Gasteiger partial charge in [-0.25, -0.2) is 12.8 Å². The zero-order valence-corrected chi connectivity index (χ0v) is 12.7. The molecule has 3 nitrogen and oxygen atoms in total. The summed E-state index contributed by atoms with van der Waals surface area (Å²) in [5.41, 5.74) is 0.629. The molecule has 21 heavy (non-hydrogen) atoms. The SMILES string of the molecule is O=S1(=O)CCC(NC2CC3CCC2C3)c2cc(F)ccc21. The van der Waals surface area contributed by atoms with Crippen LogP contribution in [0.1, 0.15) is 43.7 Å². The molecule has 2 aliphatic carbocycles. The van der Waals surface area contributed by atoms with Crippen molar-refractivity contribution in [3.8, 4) is 0 Å². The summed E-state index contributed by atoms with van der Waals surface area (Å²) in [5, 5.41) is 3.64. The molecule has 0 radical (unpaired) electrons. The first-order chi connectivity index (χ1) is 10.0. The van der Waals surface area contributed by atoms with Gasteiger partial charge in [-0.05, 0) is 61.3 Å². The highest BCUT2D eigenvalue weighted by molar-refractivity contribution is 7.91. The third-order valence-corrected chi connectivity index (χ3v) is 7.33. The second-order valence-electron chi connectivity index (χ2n) is 6.79. The van der Waals surface area contributed by atoms with Gasteiger partial charge in [-0.2, -0.15) is 0 Å². The maximum absolute atomic E-state index is 13.6. The van der Waals surface area contributed by atoms with Gasteiger partial charge in [0.2, 0.25) is 0 Å². The van der Waals surface area contributed by atoms with Gasteiger partial charge in [0, 0.05) is 12.1 Å². The lowest BCUT2D eigenvalue weighted by Gasteiger charge is -2.32. The van der Waals surface area contributed by atoms with Crippen molar-refractivity contribution in [2.24, 2.45) is 11.8 Å². The normalized spacial score (nSPS) is 36.6. The van der Waals surface area contributed by atoms with Crippen molar-refractivity contribution in [2.45, 2.75) is 49.1 Å². The molecule has 0 aromatic heterocycles. The van der Waals surface area contributed by atoms with Crippen molar-refractivity contribution in [1.82, 2.24) is 5.32 Å². The van der Waals surface area contributed by atoms with Crippen LogP contribution in [-0.2, 0) is 9.84 Å². The highest BCUT2D eigenvalue weighted by atomic mass is 32.2. The first-order valence-electron chi connectivity index (χ1n) is 7.81. The minimum absolute atomic E-state index is 0.0245. The molecule has 1 aromatic rings. The van der Waals surface area contributed by atoms with E-state index >= 15 is 0 Å². The molecule has 3 aliphatic rings. The summed E-state index contributed by atoms with van der Waals surface area (Å²) < 4.78 is 37.8. The van der Waals surface area contributed by atoms with Crippen LogP contribution in [0.15, 0.2) is 23.1 Å². The van der Waals surface area contributed by atoms with E-state index in [1.807, 2.05) is 0 Å². The summed E-state index contributed by atoms with van der Waals surface area (Å²) in [4.78, 5) is 0.316. The second-order valence-corrected chi connectivity index (χ2v) is 8.87. The fourth-order valence-corrected chi connectivity index (χ4v) is 6.10. The Hall–Kier alpha value is -0.940. The predicted octanol–water partition coefficient (Wildman–Crippen LogP) is 2.82. The maximum Gasteiger partial charge on any atom is 0.178 e. The maximum atomic E-state index is 13.6. The zero-order chi connectivity index (χ0) is 14.6. The van der Waals surface area contributed by atoms with Crippen LogP contribution in [0.5, 0.6) is 0 Å². The highest BCUT2D eigenvalue weighted by Gasteiger charge is 2.41. The molecule has 4 unspecified atom stereocenters. The molecule has 2 bridgehead atoms. The topological polar surface area (TPSA) is 46.2 Å². The van der Waals surface area contributed by atoms with E-state index in [2.05, 4.69) is 5.32 Å². The Morgan fingerprint density at radius 2 is 2.00 bits per heavy atom. The fourth-order valence-electron chi connectivity index (χ4n) is 4.49. The molecule has 1 heterocycles. The molecular weight excluding hydrogens is 289 g/mol. The number of hydrogen-bond donors (Lipinski definition) is 1. The lowest BCUT2D eigenvalue weighted by molar-refractivity contribution is 0.312. The number of fused-ring (bicyclic) bond motifs is 3. The van der Waals surface area contributed by atoms with Gasteiger partial charge < -0.3 is 5.32 Å². The summed E-state index contributed by atoms with van der Waals surface area (Å²) in [6, 6.07) is 4.52. The summed E-state index contributed by atoms with van der Waals surface area (Å²) in [5.74, 6) is 1.37. The molecule has 0 spiro atoms. The van der Waals surface area contributed by atoms with Crippen LogP contribution in [0.3, 0.4) is 0 Å². The Labute approximate surface area is 124 Å². The van der Waals surface area contributed by atoms with Crippen molar-refractivity contribution in [3.63, 3.8) is 0 Å². The molecule has 4 rings (SSSR count). The predicted molar refractivity (Wildman–Crippen MR) is 78.2 cm³/mol. The first kappa shape index (κ1) is 13.7. The third-order valence-electron chi connectivity index (χ3n) is 5.51. The van der Waals surface area contributed by atoms with Gasteiger partial charge in [-0.15, -0.1) is 0 Å². The van der Waals surface area contributed by atoms with Crippen LogP contribution in [0, 0.1) is 17.7 Å². The van der Waals surface area contributed by atoms with Crippen molar-refractivity contribution in [2.75, 3.05) is 5.75 Å². The Morgan fingerprint density at radius 1 is 1.14 bits per heavy atom. The van der Waals surface area contributed by atoms with Crippen molar-refractivity contribution in [1.29, 1.82) is 0 Å². The van der Waals surface area contributed by atoms with E-state index in [1.165, 1.54) is 43.9 Å². The van der Waals surface area contributed by atoms with E-state index in [-0.39, 0.29) is 17.6 Å². The molecule has 1 aliphatic heterocycles. The Kier molecular flexibility index (Phi) is 3.12. The largest absolute Gasteiger partial charge is 0.307 e. The third kappa shape index (κ3) is 2.30. The Morgan fingerprint density at radius 3 is 2.71 bits per heavy atom. The smallest absolute Gasteiger partial charge is 0.178 e. The summed E-state index contributed by atoms with van der Waals surface area (Å²) in [7, 11) is -3.24. The Bertz CT molecular complexity index is 673. The lowest BCUT2D eigenvalue weighted by atomic mass is 9.93. The van der Waals surface area contributed by atoms with Crippen molar-refractivity contribution >= 4 is 9.84 Å². The van der Waals surface area contributed by atoms with Gasteiger partial charge in [0.25, 0.3) is 0 Å². The van der Waals surface area contributed by atoms with Crippen LogP contribution in [0.2, 0.25) is 0 Å². The molecular formula is C16H20FNO2S. The molecule has 5 heteroatoms. The molecule has 114 valence electrons. The van der Waals surface area contributed by atoms with E-state index < -0.39 is 9.84 Å². The minimum atomic E-state index is -3.24. The molecule has 4 atom stereocenters. The summed E-state index contributed by atoms with van der Waals surface area (Å²) >= 11 is 0. The molecule has 2 fully saturated rings. The van der Waals surface area contributed by atoms with E-state index in [1.54, 1.807) is 0 Å². The highest BCUT2D eigenvalue weighted by Crippen LogP contribution is 2.46. The summed E-state index contributed by atoms with van der Waals surface area (Å²) in [6.07, 6.45) is 5.67. The average Bonchev–Trinajstić information content (AvgIpc) is 3.04. The van der Waals surface area contributed by atoms with E-state index in [0.29, 0.717) is 22.9 Å². The Balaban J connectivity index is 1.64. The standard InChI is InChI=1S/C16H20FNO2S/c17-12-3-4-16-13(9-12)14(5-6-21(16,19)20)18-15-8-10-1-2-11(15)7-10/h3-4,9-11,14-15,18H,1-2,5-8H2. The van der Waals surface area contributed by atoms with Crippen molar-refractivity contribution < 1.29 is 12.8 Å². The van der Waals surface area contributed by atoms with Crippen molar-refractivity contribution in [3.05, 3.63) is 29.6 Å². The van der Waals surface area contributed by atoms with E-state index in [0.717, 1.165) is 11.8 Å². The van der Waals surface area contributed by atoms with Crippen LogP contribution in [0.25, 0.3) is 0 Å². The van der Waals surface area contributed by atoms with Gasteiger partial charge in [-0.1, -0.05) is 6.42 Å².